The van der Waals surface area contributed by atoms with E-state index in [4.69, 9.17) is 5.73 Å². The maximum atomic E-state index is 12.7. The Labute approximate surface area is 146 Å². The fraction of sp³-hybridized carbons (Fsp3) is 0.188. The fourth-order valence-electron chi connectivity index (χ4n) is 3.02. The Kier molecular flexibility index (Phi) is 3.84. The van der Waals surface area contributed by atoms with Crippen molar-refractivity contribution in [3.63, 3.8) is 0 Å². The lowest BCUT2D eigenvalue weighted by atomic mass is 9.84. The SMILES string of the molecule is Cn1c2c(c(=O)n(C)c1=O)C(c1ccc([N+](=O)[O-])cc1)C(C#N)=C(N)N2. The van der Waals surface area contributed by atoms with Crippen molar-refractivity contribution in [2.24, 2.45) is 19.8 Å². The maximum absolute atomic E-state index is 12.7. The number of aromatic nitrogens is 2. The third-order valence-electron chi connectivity index (χ3n) is 4.38. The Morgan fingerprint density at radius 1 is 1.23 bits per heavy atom. The summed E-state index contributed by atoms with van der Waals surface area (Å²) in [5, 5.41) is 23.1. The summed E-state index contributed by atoms with van der Waals surface area (Å²) in [4.78, 5) is 35.2. The van der Waals surface area contributed by atoms with E-state index >= 15 is 0 Å². The standard InChI is InChI=1S/C16H14N6O4/c1-20-14-12(15(23)21(2)16(20)24)11(10(7-17)13(18)19-14)8-3-5-9(6-4-8)22(25)26/h3-6,11,19H,18H2,1-2H3. The summed E-state index contributed by atoms with van der Waals surface area (Å²) in [6, 6.07) is 7.49. The molecule has 0 saturated carbocycles. The van der Waals surface area contributed by atoms with Crippen LogP contribution in [-0.2, 0) is 14.1 Å². The molecule has 26 heavy (non-hydrogen) atoms. The van der Waals surface area contributed by atoms with Crippen molar-refractivity contribution >= 4 is 11.5 Å². The lowest BCUT2D eigenvalue weighted by Gasteiger charge is -2.28. The van der Waals surface area contributed by atoms with E-state index in [1.54, 1.807) is 0 Å². The van der Waals surface area contributed by atoms with Gasteiger partial charge in [0, 0.05) is 26.2 Å². The molecule has 10 nitrogen and oxygen atoms in total. The highest BCUT2D eigenvalue weighted by Crippen LogP contribution is 2.38. The molecule has 0 aliphatic carbocycles. The molecule has 1 atom stereocenters. The molecule has 2 heterocycles. The molecule has 0 amide bonds. The third-order valence-corrected chi connectivity index (χ3v) is 4.38. The molecule has 3 rings (SSSR count). The normalized spacial score (nSPS) is 15.8. The zero-order chi connectivity index (χ0) is 19.2. The Morgan fingerprint density at radius 2 is 1.85 bits per heavy atom. The highest BCUT2D eigenvalue weighted by Gasteiger charge is 2.34. The van der Waals surface area contributed by atoms with Crippen LogP contribution in [0.4, 0.5) is 11.5 Å². The number of nitriles is 1. The second-order valence-electron chi connectivity index (χ2n) is 5.81. The quantitative estimate of drug-likeness (QED) is 0.579. The molecule has 0 radical (unpaired) electrons. The van der Waals surface area contributed by atoms with Crippen LogP contribution in [0.2, 0.25) is 0 Å². The molecule has 0 saturated heterocycles. The summed E-state index contributed by atoms with van der Waals surface area (Å²) in [5.41, 5.74) is 5.45. The van der Waals surface area contributed by atoms with E-state index in [9.17, 15) is 25.0 Å². The van der Waals surface area contributed by atoms with Gasteiger partial charge < -0.3 is 11.1 Å². The number of rotatable bonds is 2. The van der Waals surface area contributed by atoms with E-state index in [0.717, 1.165) is 4.57 Å². The van der Waals surface area contributed by atoms with Crippen LogP contribution in [0.1, 0.15) is 17.0 Å². The molecular weight excluding hydrogens is 340 g/mol. The first-order valence-electron chi connectivity index (χ1n) is 7.49. The van der Waals surface area contributed by atoms with Crippen molar-refractivity contribution in [1.29, 1.82) is 5.26 Å². The predicted octanol–water partition coefficient (Wildman–Crippen LogP) is 0.243. The maximum Gasteiger partial charge on any atom is 0.332 e. The minimum Gasteiger partial charge on any atom is -0.384 e. The summed E-state index contributed by atoms with van der Waals surface area (Å²) < 4.78 is 2.17. The van der Waals surface area contributed by atoms with Gasteiger partial charge in [-0.25, -0.2) is 4.79 Å². The van der Waals surface area contributed by atoms with Crippen LogP contribution in [0.3, 0.4) is 0 Å². The first-order chi connectivity index (χ1) is 12.3. The predicted molar refractivity (Wildman–Crippen MR) is 92.3 cm³/mol. The average Bonchev–Trinajstić information content (AvgIpc) is 2.63. The summed E-state index contributed by atoms with van der Waals surface area (Å²) in [6.07, 6.45) is 0. The highest BCUT2D eigenvalue weighted by molar-refractivity contribution is 5.64. The topological polar surface area (TPSA) is 149 Å². The number of benzene rings is 1. The van der Waals surface area contributed by atoms with E-state index in [2.05, 4.69) is 5.32 Å². The van der Waals surface area contributed by atoms with E-state index in [-0.39, 0.29) is 28.5 Å². The number of anilines is 1. The van der Waals surface area contributed by atoms with Crippen LogP contribution < -0.4 is 22.3 Å². The van der Waals surface area contributed by atoms with Gasteiger partial charge in [-0.3, -0.25) is 24.0 Å². The van der Waals surface area contributed by atoms with Crippen LogP contribution in [0.15, 0.2) is 45.2 Å². The molecule has 1 unspecified atom stereocenters. The molecule has 3 N–H and O–H groups in total. The van der Waals surface area contributed by atoms with Crippen molar-refractivity contribution in [2.75, 3.05) is 5.32 Å². The monoisotopic (exact) mass is 354 g/mol. The van der Waals surface area contributed by atoms with Gasteiger partial charge >= 0.3 is 5.69 Å². The van der Waals surface area contributed by atoms with E-state index < -0.39 is 22.1 Å². The van der Waals surface area contributed by atoms with Crippen LogP contribution >= 0.6 is 0 Å². The molecule has 1 aromatic carbocycles. The Bertz CT molecular complexity index is 1120. The Hall–Kier alpha value is -3.87. The van der Waals surface area contributed by atoms with Crippen molar-refractivity contribution in [3.8, 4) is 6.07 Å². The Balaban J connectivity index is 2.34. The summed E-state index contributed by atoms with van der Waals surface area (Å²) in [5.74, 6) is -0.632. The molecule has 1 aliphatic heterocycles. The van der Waals surface area contributed by atoms with Gasteiger partial charge in [0.05, 0.1) is 28.0 Å². The van der Waals surface area contributed by atoms with Gasteiger partial charge in [-0.15, -0.1) is 0 Å². The second kappa shape index (κ2) is 5.89. The van der Waals surface area contributed by atoms with Gasteiger partial charge in [-0.05, 0) is 5.56 Å². The fourth-order valence-corrected chi connectivity index (χ4v) is 3.02. The van der Waals surface area contributed by atoms with Crippen molar-refractivity contribution in [3.05, 3.63) is 77.7 Å². The number of nitrogens with zero attached hydrogens (tertiary/aromatic N) is 4. The van der Waals surface area contributed by atoms with Gasteiger partial charge in [0.15, 0.2) is 0 Å². The summed E-state index contributed by atoms with van der Waals surface area (Å²) >= 11 is 0. The van der Waals surface area contributed by atoms with Crippen LogP contribution in [-0.4, -0.2) is 14.1 Å². The summed E-state index contributed by atoms with van der Waals surface area (Å²) in [7, 11) is 2.82. The average molecular weight is 354 g/mol. The number of hydrogen-bond donors (Lipinski definition) is 2. The van der Waals surface area contributed by atoms with Crippen LogP contribution in [0.5, 0.6) is 0 Å². The Morgan fingerprint density at radius 3 is 2.38 bits per heavy atom. The van der Waals surface area contributed by atoms with E-state index in [1.807, 2.05) is 6.07 Å². The van der Waals surface area contributed by atoms with E-state index in [1.165, 1.54) is 42.9 Å². The zero-order valence-electron chi connectivity index (χ0n) is 13.9. The molecule has 10 heteroatoms. The first kappa shape index (κ1) is 17.0. The number of nitrogens with two attached hydrogens (primary N) is 1. The van der Waals surface area contributed by atoms with Gasteiger partial charge in [0.1, 0.15) is 11.6 Å². The van der Waals surface area contributed by atoms with Gasteiger partial charge in [-0.1, -0.05) is 12.1 Å². The van der Waals surface area contributed by atoms with Gasteiger partial charge in [-0.2, -0.15) is 5.26 Å². The molecule has 1 aromatic heterocycles. The number of nitro groups is 1. The zero-order valence-corrected chi connectivity index (χ0v) is 13.9. The number of fused-ring (bicyclic) bond motifs is 1. The number of non-ortho nitro benzene ring substituents is 1. The molecule has 0 spiro atoms. The molecule has 132 valence electrons. The number of nitro benzene ring substituents is 1. The van der Waals surface area contributed by atoms with Crippen molar-refractivity contribution < 1.29 is 4.92 Å². The minimum absolute atomic E-state index is 0.0200. The van der Waals surface area contributed by atoms with Crippen LogP contribution in [0.25, 0.3) is 0 Å². The highest BCUT2D eigenvalue weighted by atomic mass is 16.6. The van der Waals surface area contributed by atoms with Gasteiger partial charge in [0.25, 0.3) is 11.2 Å². The molecular formula is C16H14N6O4. The smallest absolute Gasteiger partial charge is 0.332 e. The first-order valence-corrected chi connectivity index (χ1v) is 7.49. The van der Waals surface area contributed by atoms with E-state index in [0.29, 0.717) is 5.56 Å². The number of nitrogens with one attached hydrogen (secondary N) is 1. The lowest BCUT2D eigenvalue weighted by Crippen LogP contribution is -2.43. The van der Waals surface area contributed by atoms with Gasteiger partial charge in [0.2, 0.25) is 0 Å². The summed E-state index contributed by atoms with van der Waals surface area (Å²) in [6.45, 7) is 0. The molecule has 2 aromatic rings. The third kappa shape index (κ3) is 2.34. The lowest BCUT2D eigenvalue weighted by molar-refractivity contribution is -0.384. The second-order valence-corrected chi connectivity index (χ2v) is 5.81. The molecule has 0 fully saturated rings. The number of hydrogen-bond acceptors (Lipinski definition) is 7. The van der Waals surface area contributed by atoms with Crippen LogP contribution in [0, 0.1) is 21.4 Å². The molecule has 1 aliphatic rings. The van der Waals surface area contributed by atoms with Crippen molar-refractivity contribution in [1.82, 2.24) is 9.13 Å². The largest absolute Gasteiger partial charge is 0.384 e. The molecule has 0 bridgehead atoms. The van der Waals surface area contributed by atoms with Crippen molar-refractivity contribution in [2.45, 2.75) is 5.92 Å². The number of allylic oxidation sites excluding steroid dienone is 1. The minimum atomic E-state index is -0.845.